The van der Waals surface area contributed by atoms with Crippen molar-refractivity contribution in [1.82, 2.24) is 10.6 Å². The maximum atomic E-state index is 10.8. The minimum absolute atomic E-state index is 0.0887. The van der Waals surface area contributed by atoms with E-state index in [4.69, 9.17) is 0 Å². The molecule has 0 saturated heterocycles. The summed E-state index contributed by atoms with van der Waals surface area (Å²) in [5.74, 6) is 0.0887. The van der Waals surface area contributed by atoms with Gasteiger partial charge in [-0.25, -0.2) is 4.79 Å². The molecule has 0 aliphatic heterocycles. The average molecular weight is 172 g/mol. The van der Waals surface area contributed by atoms with Crippen molar-refractivity contribution in [1.29, 1.82) is 0 Å². The third-order valence-electron chi connectivity index (χ3n) is 1.30. The van der Waals surface area contributed by atoms with Crippen LogP contribution >= 0.6 is 0 Å². The molecule has 12 heavy (non-hydrogen) atoms. The van der Waals surface area contributed by atoms with Gasteiger partial charge in [0.15, 0.2) is 0 Å². The van der Waals surface area contributed by atoms with Crippen LogP contribution in [0.1, 0.15) is 26.7 Å². The summed E-state index contributed by atoms with van der Waals surface area (Å²) in [6, 6.07) is -0.196. The summed E-state index contributed by atoms with van der Waals surface area (Å²) < 4.78 is 0. The maximum Gasteiger partial charge on any atom is 0.314 e. The van der Waals surface area contributed by atoms with Crippen LogP contribution in [0.25, 0.3) is 0 Å². The minimum atomic E-state index is -0.196. The normalized spacial score (nSPS) is 9.17. The molecule has 0 heterocycles. The molecule has 4 nitrogen and oxygen atoms in total. The highest BCUT2D eigenvalue weighted by Gasteiger charge is 1.98. The van der Waals surface area contributed by atoms with Crippen LogP contribution in [0.4, 0.5) is 4.79 Å². The molecule has 0 bridgehead atoms. The van der Waals surface area contributed by atoms with Gasteiger partial charge in [-0.05, 0) is 13.3 Å². The molecule has 0 radical (unpaired) electrons. The molecule has 0 rings (SSSR count). The molecule has 0 aromatic heterocycles. The minimum Gasteiger partial charge on any atom is -0.338 e. The van der Waals surface area contributed by atoms with E-state index in [1.54, 1.807) is 0 Å². The van der Waals surface area contributed by atoms with Crippen molar-refractivity contribution in [2.45, 2.75) is 26.7 Å². The standard InChI is InChI=1S/C8H16N2O2/c1-3-5-9-8(12)10-6-4-7(2)11/h3-6H2,1-2H3,(H2,9,10,12). The lowest BCUT2D eigenvalue weighted by atomic mass is 10.3. The Morgan fingerprint density at radius 3 is 2.25 bits per heavy atom. The Balaban J connectivity index is 3.25. The van der Waals surface area contributed by atoms with Crippen LogP contribution in [0.5, 0.6) is 0 Å². The lowest BCUT2D eigenvalue weighted by molar-refractivity contribution is -0.116. The summed E-state index contributed by atoms with van der Waals surface area (Å²) in [4.78, 5) is 21.3. The van der Waals surface area contributed by atoms with E-state index in [9.17, 15) is 9.59 Å². The van der Waals surface area contributed by atoms with Crippen LogP contribution in [-0.2, 0) is 4.79 Å². The largest absolute Gasteiger partial charge is 0.338 e. The molecule has 0 aromatic rings. The molecular formula is C8H16N2O2. The number of carbonyl (C=O) groups excluding carboxylic acids is 2. The zero-order valence-electron chi connectivity index (χ0n) is 7.64. The topological polar surface area (TPSA) is 58.2 Å². The van der Waals surface area contributed by atoms with Crippen molar-refractivity contribution in [3.8, 4) is 0 Å². The summed E-state index contributed by atoms with van der Waals surface area (Å²) >= 11 is 0. The molecule has 0 saturated carbocycles. The van der Waals surface area contributed by atoms with E-state index in [0.29, 0.717) is 19.5 Å². The molecule has 0 atom stereocenters. The van der Waals surface area contributed by atoms with Crippen molar-refractivity contribution in [2.75, 3.05) is 13.1 Å². The smallest absolute Gasteiger partial charge is 0.314 e. The van der Waals surface area contributed by atoms with Gasteiger partial charge in [0.05, 0.1) is 0 Å². The van der Waals surface area contributed by atoms with Gasteiger partial charge in [0.1, 0.15) is 5.78 Å². The average Bonchev–Trinajstić information content (AvgIpc) is 2.00. The number of ketones is 1. The zero-order chi connectivity index (χ0) is 9.40. The van der Waals surface area contributed by atoms with Crippen molar-refractivity contribution in [3.63, 3.8) is 0 Å². The van der Waals surface area contributed by atoms with Crippen LogP contribution in [0.3, 0.4) is 0 Å². The van der Waals surface area contributed by atoms with E-state index in [1.807, 2.05) is 6.92 Å². The van der Waals surface area contributed by atoms with Crippen LogP contribution < -0.4 is 10.6 Å². The van der Waals surface area contributed by atoms with Crippen molar-refractivity contribution < 1.29 is 9.59 Å². The third-order valence-corrected chi connectivity index (χ3v) is 1.30. The predicted molar refractivity (Wildman–Crippen MR) is 47.0 cm³/mol. The summed E-state index contributed by atoms with van der Waals surface area (Å²) in [7, 11) is 0. The number of nitrogens with one attached hydrogen (secondary N) is 2. The van der Waals surface area contributed by atoms with Gasteiger partial charge in [-0.1, -0.05) is 6.92 Å². The Hall–Kier alpha value is -1.06. The van der Waals surface area contributed by atoms with Crippen LogP contribution in [0.15, 0.2) is 0 Å². The van der Waals surface area contributed by atoms with Crippen LogP contribution in [0.2, 0.25) is 0 Å². The Labute approximate surface area is 72.7 Å². The lowest BCUT2D eigenvalue weighted by Gasteiger charge is -2.04. The van der Waals surface area contributed by atoms with E-state index in [2.05, 4.69) is 10.6 Å². The second-order valence-corrected chi connectivity index (χ2v) is 2.63. The Bertz CT molecular complexity index is 157. The molecule has 0 aromatic carbocycles. The number of hydrogen-bond donors (Lipinski definition) is 2. The molecule has 0 unspecified atom stereocenters. The fourth-order valence-corrected chi connectivity index (χ4v) is 0.653. The first-order chi connectivity index (χ1) is 5.66. The first-order valence-electron chi connectivity index (χ1n) is 4.18. The number of hydrogen-bond acceptors (Lipinski definition) is 2. The summed E-state index contributed by atoms with van der Waals surface area (Å²) in [6.45, 7) is 4.58. The number of carbonyl (C=O) groups is 2. The van der Waals surface area contributed by atoms with Crippen molar-refractivity contribution in [3.05, 3.63) is 0 Å². The SMILES string of the molecule is CCCNC(=O)NCCC(C)=O. The van der Waals surface area contributed by atoms with Gasteiger partial charge in [-0.15, -0.1) is 0 Å². The Morgan fingerprint density at radius 2 is 1.75 bits per heavy atom. The molecule has 4 heteroatoms. The molecule has 2 N–H and O–H groups in total. The summed E-state index contributed by atoms with van der Waals surface area (Å²) in [6.07, 6.45) is 1.32. The second kappa shape index (κ2) is 6.64. The first-order valence-corrected chi connectivity index (χ1v) is 4.18. The Kier molecular flexibility index (Phi) is 6.05. The van der Waals surface area contributed by atoms with E-state index in [-0.39, 0.29) is 11.8 Å². The number of rotatable bonds is 5. The predicted octanol–water partition coefficient (Wildman–Crippen LogP) is 0.675. The third kappa shape index (κ3) is 7.05. The highest BCUT2D eigenvalue weighted by atomic mass is 16.2. The summed E-state index contributed by atoms with van der Waals surface area (Å²) in [5, 5.41) is 5.22. The molecule has 0 fully saturated rings. The lowest BCUT2D eigenvalue weighted by Crippen LogP contribution is -2.36. The molecule has 0 aliphatic rings. The molecule has 0 aliphatic carbocycles. The van der Waals surface area contributed by atoms with Crippen molar-refractivity contribution in [2.24, 2.45) is 0 Å². The highest BCUT2D eigenvalue weighted by Crippen LogP contribution is 1.78. The fourth-order valence-electron chi connectivity index (χ4n) is 0.653. The van der Waals surface area contributed by atoms with Gasteiger partial charge in [0.25, 0.3) is 0 Å². The van der Waals surface area contributed by atoms with Gasteiger partial charge in [-0.2, -0.15) is 0 Å². The van der Waals surface area contributed by atoms with E-state index < -0.39 is 0 Å². The van der Waals surface area contributed by atoms with Crippen LogP contribution in [-0.4, -0.2) is 24.9 Å². The highest BCUT2D eigenvalue weighted by molar-refractivity contribution is 5.77. The molecule has 0 spiro atoms. The summed E-state index contributed by atoms with van der Waals surface area (Å²) in [5.41, 5.74) is 0. The molecular weight excluding hydrogens is 156 g/mol. The maximum absolute atomic E-state index is 10.8. The first kappa shape index (κ1) is 10.9. The Morgan fingerprint density at radius 1 is 1.17 bits per heavy atom. The number of Topliss-reactive ketones (excluding diaryl/α,β-unsaturated/α-hetero) is 1. The van der Waals surface area contributed by atoms with E-state index in [1.165, 1.54) is 6.92 Å². The van der Waals surface area contributed by atoms with E-state index in [0.717, 1.165) is 6.42 Å². The van der Waals surface area contributed by atoms with Gasteiger partial charge < -0.3 is 10.6 Å². The second-order valence-electron chi connectivity index (χ2n) is 2.63. The van der Waals surface area contributed by atoms with Gasteiger partial charge in [0, 0.05) is 19.5 Å². The monoisotopic (exact) mass is 172 g/mol. The van der Waals surface area contributed by atoms with Gasteiger partial charge in [-0.3, -0.25) is 4.79 Å². The van der Waals surface area contributed by atoms with Crippen LogP contribution in [0, 0.1) is 0 Å². The number of amides is 2. The molecule has 2 amide bonds. The fraction of sp³-hybridized carbons (Fsp3) is 0.750. The quantitative estimate of drug-likeness (QED) is 0.640. The van der Waals surface area contributed by atoms with Crippen molar-refractivity contribution >= 4 is 11.8 Å². The van der Waals surface area contributed by atoms with Gasteiger partial charge in [0.2, 0.25) is 0 Å². The van der Waals surface area contributed by atoms with Gasteiger partial charge >= 0.3 is 6.03 Å². The van der Waals surface area contributed by atoms with E-state index >= 15 is 0 Å². The molecule has 70 valence electrons. The zero-order valence-corrected chi connectivity index (χ0v) is 7.64. The number of urea groups is 1.